The van der Waals surface area contributed by atoms with Gasteiger partial charge in [-0.25, -0.2) is 4.98 Å². The molecule has 90 valence electrons. The first-order valence-electron chi connectivity index (χ1n) is 5.11. The Morgan fingerprint density at radius 1 is 1.53 bits per heavy atom. The minimum atomic E-state index is -0.122. The first-order valence-corrected chi connectivity index (χ1v) is 6.57. The van der Waals surface area contributed by atoms with Crippen LogP contribution >= 0.6 is 34.2 Å². The molecule has 2 N–H and O–H groups in total. The summed E-state index contributed by atoms with van der Waals surface area (Å²) in [4.78, 5) is 4.17. The number of hydrogen-bond acceptors (Lipinski definition) is 3. The van der Waals surface area contributed by atoms with Crippen molar-refractivity contribution in [1.82, 2.24) is 14.8 Å². The van der Waals surface area contributed by atoms with E-state index in [0.29, 0.717) is 11.4 Å². The molecule has 1 aromatic carbocycles. The van der Waals surface area contributed by atoms with Gasteiger partial charge >= 0.3 is 0 Å². The standard InChI is InChI=1S/C11H12ClIN4/c1-17-11(15-6-16-17)5-10(14)8-4-7(12)2-3-9(8)13/h2-4,6,10H,5,14H2,1H3. The van der Waals surface area contributed by atoms with Gasteiger partial charge in [0, 0.05) is 28.1 Å². The molecule has 1 unspecified atom stereocenters. The van der Waals surface area contributed by atoms with E-state index in [9.17, 15) is 0 Å². The van der Waals surface area contributed by atoms with E-state index in [1.165, 1.54) is 6.33 Å². The molecule has 0 saturated carbocycles. The van der Waals surface area contributed by atoms with Gasteiger partial charge in [-0.05, 0) is 46.4 Å². The minimum absolute atomic E-state index is 0.122. The molecule has 0 aliphatic carbocycles. The molecule has 6 heteroatoms. The van der Waals surface area contributed by atoms with Crippen LogP contribution in [0.5, 0.6) is 0 Å². The summed E-state index contributed by atoms with van der Waals surface area (Å²) < 4.78 is 2.85. The lowest BCUT2D eigenvalue weighted by Crippen LogP contribution is -2.17. The molecule has 1 heterocycles. The maximum Gasteiger partial charge on any atom is 0.138 e. The quantitative estimate of drug-likeness (QED) is 0.853. The van der Waals surface area contributed by atoms with Crippen molar-refractivity contribution < 1.29 is 0 Å². The van der Waals surface area contributed by atoms with Crippen LogP contribution in [-0.2, 0) is 13.5 Å². The van der Waals surface area contributed by atoms with Gasteiger partial charge in [0.05, 0.1) is 0 Å². The highest BCUT2D eigenvalue weighted by molar-refractivity contribution is 14.1. The maximum atomic E-state index is 6.18. The third-order valence-corrected chi connectivity index (χ3v) is 3.78. The zero-order valence-corrected chi connectivity index (χ0v) is 12.2. The number of benzene rings is 1. The molecular weight excluding hydrogens is 351 g/mol. The van der Waals surface area contributed by atoms with Crippen molar-refractivity contribution in [2.75, 3.05) is 0 Å². The number of rotatable bonds is 3. The molecule has 0 spiro atoms. The highest BCUT2D eigenvalue weighted by Gasteiger charge is 2.13. The minimum Gasteiger partial charge on any atom is -0.324 e. The van der Waals surface area contributed by atoms with Crippen LogP contribution < -0.4 is 5.73 Å². The first kappa shape index (κ1) is 12.8. The third kappa shape index (κ3) is 2.97. The van der Waals surface area contributed by atoms with Crippen LogP contribution in [-0.4, -0.2) is 14.8 Å². The summed E-state index contributed by atoms with van der Waals surface area (Å²) in [6, 6.07) is 5.62. The second-order valence-corrected chi connectivity index (χ2v) is 5.37. The van der Waals surface area contributed by atoms with Crippen LogP contribution in [0.2, 0.25) is 5.02 Å². The van der Waals surface area contributed by atoms with Gasteiger partial charge < -0.3 is 5.73 Å². The summed E-state index contributed by atoms with van der Waals surface area (Å²) in [5, 5.41) is 4.73. The van der Waals surface area contributed by atoms with Gasteiger partial charge in [0.1, 0.15) is 12.2 Å². The van der Waals surface area contributed by atoms with E-state index in [-0.39, 0.29) is 6.04 Å². The maximum absolute atomic E-state index is 6.18. The molecule has 1 aromatic heterocycles. The second kappa shape index (κ2) is 5.32. The molecule has 2 aromatic rings. The van der Waals surface area contributed by atoms with E-state index >= 15 is 0 Å². The lowest BCUT2D eigenvalue weighted by molar-refractivity contribution is 0.628. The van der Waals surface area contributed by atoms with Gasteiger partial charge in [0.15, 0.2) is 0 Å². The molecule has 2 rings (SSSR count). The molecule has 0 amide bonds. The SMILES string of the molecule is Cn1ncnc1CC(N)c1cc(Cl)ccc1I. The van der Waals surface area contributed by atoms with Crippen molar-refractivity contribution in [2.24, 2.45) is 12.8 Å². The van der Waals surface area contributed by atoms with Crippen LogP contribution in [0.1, 0.15) is 17.4 Å². The molecule has 0 fully saturated rings. The molecule has 1 atom stereocenters. The van der Waals surface area contributed by atoms with Crippen molar-refractivity contribution in [3.63, 3.8) is 0 Å². The van der Waals surface area contributed by atoms with Crippen LogP contribution in [0.25, 0.3) is 0 Å². The van der Waals surface area contributed by atoms with E-state index < -0.39 is 0 Å². The number of nitrogens with two attached hydrogens (primary N) is 1. The van der Waals surface area contributed by atoms with Crippen molar-refractivity contribution in [3.05, 3.63) is 44.5 Å². The highest BCUT2D eigenvalue weighted by Crippen LogP contribution is 2.24. The second-order valence-electron chi connectivity index (χ2n) is 3.78. The first-order chi connectivity index (χ1) is 8.08. The van der Waals surface area contributed by atoms with E-state index in [1.54, 1.807) is 4.68 Å². The van der Waals surface area contributed by atoms with E-state index in [4.69, 9.17) is 17.3 Å². The lowest BCUT2D eigenvalue weighted by atomic mass is 10.0. The highest BCUT2D eigenvalue weighted by atomic mass is 127. The Labute approximate surface area is 118 Å². The van der Waals surface area contributed by atoms with Gasteiger partial charge in [0.25, 0.3) is 0 Å². The number of hydrogen-bond donors (Lipinski definition) is 1. The molecule has 0 radical (unpaired) electrons. The Morgan fingerprint density at radius 3 is 2.94 bits per heavy atom. The third-order valence-electron chi connectivity index (χ3n) is 2.57. The summed E-state index contributed by atoms with van der Waals surface area (Å²) in [5.74, 6) is 0.869. The zero-order chi connectivity index (χ0) is 12.4. The summed E-state index contributed by atoms with van der Waals surface area (Å²) in [6.45, 7) is 0. The van der Waals surface area contributed by atoms with Gasteiger partial charge in [-0.1, -0.05) is 11.6 Å². The Balaban J connectivity index is 2.23. The Morgan fingerprint density at radius 2 is 2.29 bits per heavy atom. The number of nitrogens with zero attached hydrogens (tertiary/aromatic N) is 3. The van der Waals surface area contributed by atoms with Crippen LogP contribution in [0.3, 0.4) is 0 Å². The topological polar surface area (TPSA) is 56.7 Å². The largest absolute Gasteiger partial charge is 0.324 e. The van der Waals surface area contributed by atoms with Gasteiger partial charge in [-0.15, -0.1) is 0 Å². The summed E-state index contributed by atoms with van der Waals surface area (Å²) >= 11 is 8.24. The molecule has 0 aliphatic rings. The Bertz CT molecular complexity index is 526. The summed E-state index contributed by atoms with van der Waals surface area (Å²) in [5.41, 5.74) is 7.22. The average Bonchev–Trinajstić information content (AvgIpc) is 2.68. The molecule has 0 saturated heterocycles. The van der Waals surface area contributed by atoms with Gasteiger partial charge in [-0.2, -0.15) is 5.10 Å². The fourth-order valence-electron chi connectivity index (χ4n) is 1.61. The molecule has 17 heavy (non-hydrogen) atoms. The van der Waals surface area contributed by atoms with Gasteiger partial charge in [-0.3, -0.25) is 4.68 Å². The number of halogens is 2. The molecule has 4 nitrogen and oxygen atoms in total. The number of aryl methyl sites for hydroxylation is 1. The normalized spacial score (nSPS) is 12.7. The monoisotopic (exact) mass is 362 g/mol. The summed E-state index contributed by atoms with van der Waals surface area (Å²) in [6.07, 6.45) is 2.18. The van der Waals surface area contributed by atoms with Gasteiger partial charge in [0.2, 0.25) is 0 Å². The molecule has 0 aliphatic heterocycles. The van der Waals surface area contributed by atoms with Crippen molar-refractivity contribution >= 4 is 34.2 Å². The predicted molar refractivity (Wildman–Crippen MR) is 75.8 cm³/mol. The van der Waals surface area contributed by atoms with Crippen molar-refractivity contribution in [2.45, 2.75) is 12.5 Å². The predicted octanol–water partition coefficient (Wildman–Crippen LogP) is 2.32. The van der Waals surface area contributed by atoms with E-state index in [0.717, 1.165) is 15.0 Å². The van der Waals surface area contributed by atoms with Crippen LogP contribution in [0.15, 0.2) is 24.5 Å². The smallest absolute Gasteiger partial charge is 0.138 e. The van der Waals surface area contributed by atoms with Crippen LogP contribution in [0.4, 0.5) is 0 Å². The number of aromatic nitrogens is 3. The van der Waals surface area contributed by atoms with Crippen molar-refractivity contribution in [1.29, 1.82) is 0 Å². The van der Waals surface area contributed by atoms with Crippen LogP contribution in [0, 0.1) is 3.57 Å². The molecule has 0 bridgehead atoms. The Hall–Kier alpha value is -0.660. The fourth-order valence-corrected chi connectivity index (χ4v) is 2.53. The fraction of sp³-hybridized carbons (Fsp3) is 0.273. The van der Waals surface area contributed by atoms with Crippen molar-refractivity contribution in [3.8, 4) is 0 Å². The van der Waals surface area contributed by atoms with E-state index in [2.05, 4.69) is 32.7 Å². The lowest BCUT2D eigenvalue weighted by Gasteiger charge is -2.13. The average molecular weight is 363 g/mol. The Kier molecular flexibility index (Phi) is 4.01. The molecular formula is C11H12ClIN4. The van der Waals surface area contributed by atoms with E-state index in [1.807, 2.05) is 25.2 Å². The summed E-state index contributed by atoms with van der Waals surface area (Å²) in [7, 11) is 1.86. The zero-order valence-electron chi connectivity index (χ0n) is 9.27.